The van der Waals surface area contributed by atoms with E-state index in [2.05, 4.69) is 4.37 Å². The summed E-state index contributed by atoms with van der Waals surface area (Å²) in [6.45, 7) is 0. The minimum Gasteiger partial charge on any atom is -0.320 e. The Bertz CT molecular complexity index is 356. The second kappa shape index (κ2) is 3.68. The highest BCUT2D eigenvalue weighted by atomic mass is 32.1. The predicted molar refractivity (Wildman–Crippen MR) is 54.6 cm³/mol. The van der Waals surface area contributed by atoms with Crippen molar-refractivity contribution in [3.8, 4) is 0 Å². The van der Waals surface area contributed by atoms with Gasteiger partial charge in [-0.25, -0.2) is 4.37 Å². The van der Waals surface area contributed by atoms with Gasteiger partial charge in [0.25, 0.3) is 0 Å². The summed E-state index contributed by atoms with van der Waals surface area (Å²) in [5.41, 5.74) is 7.16. The fourth-order valence-electron chi connectivity index (χ4n) is 1.21. The SMILES string of the molecule is NC(c1ccccc1)c1ccns1. The number of aromatic nitrogens is 1. The highest BCUT2D eigenvalue weighted by molar-refractivity contribution is 7.05. The number of hydrogen-bond donors (Lipinski definition) is 1. The molecule has 2 nitrogen and oxygen atoms in total. The van der Waals surface area contributed by atoms with Gasteiger partial charge in [-0.15, -0.1) is 0 Å². The summed E-state index contributed by atoms with van der Waals surface area (Å²) < 4.78 is 4.03. The molecule has 2 N–H and O–H groups in total. The maximum absolute atomic E-state index is 6.03. The van der Waals surface area contributed by atoms with Crippen molar-refractivity contribution in [3.05, 3.63) is 53.0 Å². The highest BCUT2D eigenvalue weighted by Gasteiger charge is 2.08. The normalized spacial score (nSPS) is 12.7. The van der Waals surface area contributed by atoms with Crippen LogP contribution in [-0.4, -0.2) is 4.37 Å². The fourth-order valence-corrected chi connectivity index (χ4v) is 1.83. The van der Waals surface area contributed by atoms with E-state index in [4.69, 9.17) is 5.73 Å². The number of benzene rings is 1. The maximum Gasteiger partial charge on any atom is 0.0662 e. The molecule has 1 heterocycles. The lowest BCUT2D eigenvalue weighted by atomic mass is 10.1. The zero-order valence-electron chi connectivity index (χ0n) is 7.05. The summed E-state index contributed by atoms with van der Waals surface area (Å²) in [6, 6.07) is 12.0. The third-order valence-electron chi connectivity index (χ3n) is 1.92. The van der Waals surface area contributed by atoms with Crippen LogP contribution in [-0.2, 0) is 0 Å². The summed E-state index contributed by atoms with van der Waals surface area (Å²) in [6.07, 6.45) is 1.78. The smallest absolute Gasteiger partial charge is 0.0662 e. The lowest BCUT2D eigenvalue weighted by Crippen LogP contribution is -2.09. The van der Waals surface area contributed by atoms with E-state index in [1.807, 2.05) is 36.4 Å². The molecule has 0 aliphatic rings. The van der Waals surface area contributed by atoms with Gasteiger partial charge in [0.2, 0.25) is 0 Å². The molecule has 13 heavy (non-hydrogen) atoms. The third-order valence-corrected chi connectivity index (χ3v) is 2.75. The molecule has 1 atom stereocenters. The minimum absolute atomic E-state index is 0.0336. The summed E-state index contributed by atoms with van der Waals surface area (Å²) >= 11 is 1.45. The van der Waals surface area contributed by atoms with E-state index in [0.29, 0.717) is 0 Å². The lowest BCUT2D eigenvalue weighted by Gasteiger charge is -2.07. The molecule has 0 saturated heterocycles. The van der Waals surface area contributed by atoms with Crippen molar-refractivity contribution in [1.82, 2.24) is 4.37 Å². The van der Waals surface area contributed by atoms with Crippen molar-refractivity contribution in [2.24, 2.45) is 5.73 Å². The Morgan fingerprint density at radius 1 is 1.15 bits per heavy atom. The largest absolute Gasteiger partial charge is 0.320 e. The van der Waals surface area contributed by atoms with Crippen molar-refractivity contribution in [1.29, 1.82) is 0 Å². The highest BCUT2D eigenvalue weighted by Crippen LogP contribution is 2.21. The van der Waals surface area contributed by atoms with Crippen LogP contribution in [0.1, 0.15) is 16.5 Å². The molecule has 1 aromatic carbocycles. The van der Waals surface area contributed by atoms with Crippen molar-refractivity contribution in [2.45, 2.75) is 6.04 Å². The Morgan fingerprint density at radius 2 is 1.92 bits per heavy atom. The summed E-state index contributed by atoms with van der Waals surface area (Å²) in [4.78, 5) is 1.10. The monoisotopic (exact) mass is 190 g/mol. The predicted octanol–water partition coefficient (Wildman–Crippen LogP) is 2.19. The van der Waals surface area contributed by atoms with Crippen molar-refractivity contribution in [2.75, 3.05) is 0 Å². The van der Waals surface area contributed by atoms with Gasteiger partial charge in [-0.1, -0.05) is 30.3 Å². The molecule has 1 unspecified atom stereocenters. The van der Waals surface area contributed by atoms with E-state index in [-0.39, 0.29) is 6.04 Å². The first-order chi connectivity index (χ1) is 6.38. The van der Waals surface area contributed by atoms with Crippen LogP contribution in [0.15, 0.2) is 42.6 Å². The Labute approximate surface area is 81.2 Å². The minimum atomic E-state index is -0.0336. The standard InChI is InChI=1S/C10H10N2S/c11-10(9-6-7-12-13-9)8-4-2-1-3-5-8/h1-7,10H,11H2. The topological polar surface area (TPSA) is 38.9 Å². The van der Waals surface area contributed by atoms with E-state index < -0.39 is 0 Å². The van der Waals surface area contributed by atoms with Crippen molar-refractivity contribution >= 4 is 11.5 Å². The molecule has 0 radical (unpaired) electrons. The molecule has 0 fully saturated rings. The molecule has 3 heteroatoms. The first-order valence-corrected chi connectivity index (χ1v) is 4.86. The van der Waals surface area contributed by atoms with Crippen LogP contribution in [0, 0.1) is 0 Å². The lowest BCUT2D eigenvalue weighted by molar-refractivity contribution is 0.893. The van der Waals surface area contributed by atoms with Gasteiger partial charge in [-0.3, -0.25) is 0 Å². The number of nitrogens with two attached hydrogens (primary N) is 1. The van der Waals surface area contributed by atoms with Crippen LogP contribution in [0.2, 0.25) is 0 Å². The van der Waals surface area contributed by atoms with Crippen LogP contribution < -0.4 is 5.73 Å². The Kier molecular flexibility index (Phi) is 2.38. The summed E-state index contributed by atoms with van der Waals surface area (Å²) in [7, 11) is 0. The van der Waals surface area contributed by atoms with Gasteiger partial charge in [0, 0.05) is 11.1 Å². The van der Waals surface area contributed by atoms with Gasteiger partial charge in [0.15, 0.2) is 0 Å². The van der Waals surface area contributed by atoms with Crippen molar-refractivity contribution in [3.63, 3.8) is 0 Å². The summed E-state index contributed by atoms with van der Waals surface area (Å²) in [5.74, 6) is 0. The summed E-state index contributed by atoms with van der Waals surface area (Å²) in [5, 5.41) is 0. The molecule has 0 aliphatic carbocycles. The molecule has 0 bridgehead atoms. The molecular weight excluding hydrogens is 180 g/mol. The van der Waals surface area contributed by atoms with Crippen LogP contribution >= 0.6 is 11.5 Å². The second-order valence-corrected chi connectivity index (χ2v) is 3.67. The average Bonchev–Trinajstić information content (AvgIpc) is 2.71. The van der Waals surface area contributed by atoms with Gasteiger partial charge in [-0.05, 0) is 23.2 Å². The Morgan fingerprint density at radius 3 is 2.54 bits per heavy atom. The Balaban J connectivity index is 2.29. The molecular formula is C10H10N2S. The first-order valence-electron chi connectivity index (χ1n) is 4.09. The molecule has 2 rings (SSSR count). The van der Waals surface area contributed by atoms with Crippen molar-refractivity contribution < 1.29 is 0 Å². The van der Waals surface area contributed by atoms with Crippen LogP contribution in [0.4, 0.5) is 0 Å². The van der Waals surface area contributed by atoms with Gasteiger partial charge in [0.05, 0.1) is 6.04 Å². The molecule has 0 spiro atoms. The maximum atomic E-state index is 6.03. The van der Waals surface area contributed by atoms with E-state index in [1.54, 1.807) is 6.20 Å². The van der Waals surface area contributed by atoms with Crippen LogP contribution in [0.5, 0.6) is 0 Å². The molecule has 2 aromatic rings. The van der Waals surface area contributed by atoms with Gasteiger partial charge < -0.3 is 5.73 Å². The number of hydrogen-bond acceptors (Lipinski definition) is 3. The van der Waals surface area contributed by atoms with Gasteiger partial charge >= 0.3 is 0 Å². The number of nitrogens with zero attached hydrogens (tertiary/aromatic N) is 1. The van der Waals surface area contributed by atoms with Gasteiger partial charge in [0.1, 0.15) is 0 Å². The zero-order valence-corrected chi connectivity index (χ0v) is 7.87. The van der Waals surface area contributed by atoms with E-state index in [1.165, 1.54) is 11.5 Å². The molecule has 1 aromatic heterocycles. The van der Waals surface area contributed by atoms with Crippen LogP contribution in [0.25, 0.3) is 0 Å². The van der Waals surface area contributed by atoms with E-state index >= 15 is 0 Å². The zero-order chi connectivity index (χ0) is 9.10. The molecule has 0 amide bonds. The quantitative estimate of drug-likeness (QED) is 0.788. The Hall–Kier alpha value is -1.19. The fraction of sp³-hybridized carbons (Fsp3) is 0.100. The average molecular weight is 190 g/mol. The third kappa shape index (κ3) is 1.76. The molecule has 0 aliphatic heterocycles. The second-order valence-electron chi connectivity index (χ2n) is 2.80. The van der Waals surface area contributed by atoms with E-state index in [0.717, 1.165) is 10.4 Å². The molecule has 66 valence electrons. The molecule has 0 saturated carbocycles. The van der Waals surface area contributed by atoms with Crippen LogP contribution in [0.3, 0.4) is 0 Å². The van der Waals surface area contributed by atoms with Gasteiger partial charge in [-0.2, -0.15) is 0 Å². The first kappa shape index (κ1) is 8.41. The number of rotatable bonds is 2. The van der Waals surface area contributed by atoms with E-state index in [9.17, 15) is 0 Å².